The lowest BCUT2D eigenvalue weighted by Gasteiger charge is -2.10. The van der Waals surface area contributed by atoms with Gasteiger partial charge in [0.1, 0.15) is 5.82 Å². The molecule has 2 rings (SSSR count). The molecule has 0 heterocycles. The lowest BCUT2D eigenvalue weighted by atomic mass is 10.1. The molecule has 0 spiro atoms. The van der Waals surface area contributed by atoms with Gasteiger partial charge in [0.05, 0.1) is 4.90 Å². The smallest absolute Gasteiger partial charge is 0.175 e. The number of halogens is 1. The van der Waals surface area contributed by atoms with Crippen molar-refractivity contribution in [2.24, 2.45) is 0 Å². The highest BCUT2D eigenvalue weighted by atomic mass is 32.2. The van der Waals surface area contributed by atoms with E-state index < -0.39 is 9.84 Å². The molecule has 0 saturated carbocycles. The Bertz CT molecular complexity index is 726. The maximum absolute atomic E-state index is 13.2. The summed E-state index contributed by atoms with van der Waals surface area (Å²) in [5.74, 6) is -0.280. The second-order valence-corrected chi connectivity index (χ2v) is 6.74. The van der Waals surface area contributed by atoms with Gasteiger partial charge in [-0.15, -0.1) is 0 Å². The van der Waals surface area contributed by atoms with Crippen LogP contribution in [0.3, 0.4) is 0 Å². The van der Waals surface area contributed by atoms with Crippen LogP contribution in [0.15, 0.2) is 47.4 Å². The summed E-state index contributed by atoms with van der Waals surface area (Å²) in [4.78, 5) is 0.262. The Hall–Kier alpha value is -1.88. The maximum Gasteiger partial charge on any atom is 0.175 e. The zero-order valence-electron chi connectivity index (χ0n) is 11.4. The Balaban J connectivity index is 2.17. The highest BCUT2D eigenvalue weighted by molar-refractivity contribution is 7.90. The van der Waals surface area contributed by atoms with Gasteiger partial charge in [0, 0.05) is 18.5 Å². The molecule has 0 bridgehead atoms. The molecule has 3 nitrogen and oxygen atoms in total. The molecular formula is C15H16FNO2S. The van der Waals surface area contributed by atoms with Crippen molar-refractivity contribution >= 4 is 15.5 Å². The van der Waals surface area contributed by atoms with Gasteiger partial charge in [0.2, 0.25) is 0 Å². The fourth-order valence-electron chi connectivity index (χ4n) is 1.86. The van der Waals surface area contributed by atoms with Gasteiger partial charge in [-0.05, 0) is 48.4 Å². The molecule has 106 valence electrons. The molecule has 0 saturated heterocycles. The first-order valence-electron chi connectivity index (χ1n) is 6.15. The largest absolute Gasteiger partial charge is 0.381 e. The molecule has 5 heteroatoms. The maximum atomic E-state index is 13.2. The molecule has 0 aliphatic rings. The van der Waals surface area contributed by atoms with Gasteiger partial charge in [0.15, 0.2) is 9.84 Å². The van der Waals surface area contributed by atoms with Crippen molar-refractivity contribution in [1.82, 2.24) is 0 Å². The highest BCUT2D eigenvalue weighted by Crippen LogP contribution is 2.17. The quantitative estimate of drug-likeness (QED) is 0.942. The monoisotopic (exact) mass is 293 g/mol. The molecule has 0 radical (unpaired) electrons. The van der Waals surface area contributed by atoms with Crippen LogP contribution >= 0.6 is 0 Å². The minimum atomic E-state index is -3.22. The van der Waals surface area contributed by atoms with E-state index >= 15 is 0 Å². The zero-order valence-corrected chi connectivity index (χ0v) is 12.2. The van der Waals surface area contributed by atoms with E-state index in [1.165, 1.54) is 18.4 Å². The third-order valence-electron chi connectivity index (χ3n) is 3.06. The second-order valence-electron chi connectivity index (χ2n) is 4.72. The van der Waals surface area contributed by atoms with Crippen LogP contribution in [0.4, 0.5) is 10.1 Å². The van der Waals surface area contributed by atoms with E-state index in [0.717, 1.165) is 11.1 Å². The molecule has 2 aromatic carbocycles. The van der Waals surface area contributed by atoms with Crippen molar-refractivity contribution in [3.05, 3.63) is 59.4 Å². The van der Waals surface area contributed by atoms with Crippen LogP contribution < -0.4 is 5.32 Å². The van der Waals surface area contributed by atoms with Crippen molar-refractivity contribution in [3.63, 3.8) is 0 Å². The first kappa shape index (κ1) is 14.5. The van der Waals surface area contributed by atoms with Crippen LogP contribution in [0.1, 0.15) is 11.1 Å². The van der Waals surface area contributed by atoms with E-state index in [-0.39, 0.29) is 10.7 Å². The Morgan fingerprint density at radius 1 is 1.15 bits per heavy atom. The normalized spacial score (nSPS) is 11.3. The molecule has 0 aliphatic heterocycles. The standard InChI is InChI=1S/C15H16FNO2S/c1-11-6-7-13(16)8-12(11)10-17-14-4-3-5-15(9-14)20(2,18)19/h3-9,17H,10H2,1-2H3. The molecule has 0 amide bonds. The zero-order chi connectivity index (χ0) is 14.8. The van der Waals surface area contributed by atoms with Crippen LogP contribution in [0.2, 0.25) is 0 Å². The van der Waals surface area contributed by atoms with Gasteiger partial charge < -0.3 is 5.32 Å². The SMILES string of the molecule is Cc1ccc(F)cc1CNc1cccc(S(C)(=O)=O)c1. The van der Waals surface area contributed by atoms with Crippen LogP contribution in [-0.4, -0.2) is 14.7 Å². The van der Waals surface area contributed by atoms with Gasteiger partial charge in [0.25, 0.3) is 0 Å². The van der Waals surface area contributed by atoms with Gasteiger partial charge in [-0.2, -0.15) is 0 Å². The minimum Gasteiger partial charge on any atom is -0.381 e. The van der Waals surface area contributed by atoms with Gasteiger partial charge in [-0.1, -0.05) is 12.1 Å². The minimum absolute atomic E-state index is 0.262. The molecule has 0 fully saturated rings. The van der Waals surface area contributed by atoms with E-state index in [0.29, 0.717) is 12.2 Å². The molecule has 0 aliphatic carbocycles. The topological polar surface area (TPSA) is 46.2 Å². The number of sulfone groups is 1. The summed E-state index contributed by atoms with van der Waals surface area (Å²) in [6, 6.07) is 11.2. The fraction of sp³-hybridized carbons (Fsp3) is 0.200. The Labute approximate surface area is 118 Å². The van der Waals surface area contributed by atoms with Crippen molar-refractivity contribution in [2.75, 3.05) is 11.6 Å². The summed E-state index contributed by atoms with van der Waals surface area (Å²) in [6.45, 7) is 2.35. The molecule has 0 atom stereocenters. The lowest BCUT2D eigenvalue weighted by Crippen LogP contribution is -2.03. The fourth-order valence-corrected chi connectivity index (χ4v) is 2.53. The Morgan fingerprint density at radius 2 is 1.90 bits per heavy atom. The van der Waals surface area contributed by atoms with Crippen molar-refractivity contribution < 1.29 is 12.8 Å². The van der Waals surface area contributed by atoms with Crippen LogP contribution in [0.25, 0.3) is 0 Å². The molecule has 2 aromatic rings. The molecule has 0 aromatic heterocycles. The second kappa shape index (κ2) is 5.63. The average molecular weight is 293 g/mol. The Kier molecular flexibility index (Phi) is 4.09. The predicted octanol–water partition coefficient (Wildman–Crippen LogP) is 3.15. The summed E-state index contributed by atoms with van der Waals surface area (Å²) in [5.41, 5.74) is 2.52. The Morgan fingerprint density at radius 3 is 2.60 bits per heavy atom. The molecule has 1 N–H and O–H groups in total. The van der Waals surface area contributed by atoms with E-state index in [9.17, 15) is 12.8 Å². The summed E-state index contributed by atoms with van der Waals surface area (Å²) in [7, 11) is -3.22. The first-order valence-corrected chi connectivity index (χ1v) is 8.04. The van der Waals surface area contributed by atoms with Crippen molar-refractivity contribution in [3.8, 4) is 0 Å². The molecular weight excluding hydrogens is 277 g/mol. The van der Waals surface area contributed by atoms with E-state index in [4.69, 9.17) is 0 Å². The number of hydrogen-bond donors (Lipinski definition) is 1. The summed E-state index contributed by atoms with van der Waals surface area (Å²) < 4.78 is 36.1. The van der Waals surface area contributed by atoms with Gasteiger partial charge in [-0.3, -0.25) is 0 Å². The van der Waals surface area contributed by atoms with Gasteiger partial charge >= 0.3 is 0 Å². The van der Waals surface area contributed by atoms with E-state index in [1.807, 2.05) is 6.92 Å². The van der Waals surface area contributed by atoms with Crippen LogP contribution in [-0.2, 0) is 16.4 Å². The average Bonchev–Trinajstić information content (AvgIpc) is 2.39. The number of rotatable bonds is 4. The number of nitrogens with one attached hydrogen (secondary N) is 1. The summed E-state index contributed by atoms with van der Waals surface area (Å²) >= 11 is 0. The van der Waals surface area contributed by atoms with E-state index in [1.54, 1.807) is 30.3 Å². The lowest BCUT2D eigenvalue weighted by molar-refractivity contribution is 0.602. The third-order valence-corrected chi connectivity index (χ3v) is 4.17. The number of aryl methyl sites for hydroxylation is 1. The molecule has 0 unspecified atom stereocenters. The molecule has 20 heavy (non-hydrogen) atoms. The predicted molar refractivity (Wildman–Crippen MR) is 78.0 cm³/mol. The third kappa shape index (κ3) is 3.57. The highest BCUT2D eigenvalue weighted by Gasteiger charge is 2.07. The number of hydrogen-bond acceptors (Lipinski definition) is 3. The van der Waals surface area contributed by atoms with E-state index in [2.05, 4.69) is 5.32 Å². The number of benzene rings is 2. The van der Waals surface area contributed by atoms with Crippen molar-refractivity contribution in [2.45, 2.75) is 18.4 Å². The van der Waals surface area contributed by atoms with Crippen molar-refractivity contribution in [1.29, 1.82) is 0 Å². The number of anilines is 1. The summed E-state index contributed by atoms with van der Waals surface area (Å²) in [5, 5.41) is 3.11. The first-order chi connectivity index (χ1) is 9.36. The summed E-state index contributed by atoms with van der Waals surface area (Å²) in [6.07, 6.45) is 1.17. The van der Waals surface area contributed by atoms with Crippen LogP contribution in [0, 0.1) is 12.7 Å². The van der Waals surface area contributed by atoms with Crippen LogP contribution in [0.5, 0.6) is 0 Å². The van der Waals surface area contributed by atoms with Gasteiger partial charge in [-0.25, -0.2) is 12.8 Å².